The number of aromatic nitrogens is 2. The summed E-state index contributed by atoms with van der Waals surface area (Å²) >= 11 is 0. The molecule has 0 saturated carbocycles. The number of anilines is 1. The number of rotatable bonds is 6. The zero-order chi connectivity index (χ0) is 25.7. The fourth-order valence-corrected chi connectivity index (χ4v) is 6.91. The molecule has 7 rings (SSSR count). The van der Waals surface area contributed by atoms with Gasteiger partial charge in [0.15, 0.2) is 11.6 Å². The van der Waals surface area contributed by atoms with Crippen LogP contribution < -0.4 is 15.4 Å². The van der Waals surface area contributed by atoms with Gasteiger partial charge in [-0.15, -0.1) is 0 Å². The number of hydrogen-bond acceptors (Lipinski definition) is 7. The van der Waals surface area contributed by atoms with Crippen molar-refractivity contribution in [2.45, 2.75) is 31.7 Å². The van der Waals surface area contributed by atoms with E-state index in [1.54, 1.807) is 24.7 Å². The van der Waals surface area contributed by atoms with Gasteiger partial charge in [-0.1, -0.05) is 18.2 Å². The summed E-state index contributed by atoms with van der Waals surface area (Å²) in [7, 11) is 0. The van der Waals surface area contributed by atoms with Crippen LogP contribution in [0.25, 0.3) is 11.1 Å². The van der Waals surface area contributed by atoms with Gasteiger partial charge >= 0.3 is 0 Å². The standard InChI is InChI=1S/C30H34FN5O2/c31-22-4-5-27(26(11-22)24-3-1-2-21-10-23(32)12-25(21)24)38-28-13-33-19-34-29(28)36-17-30(18-36)15-35(16-30)14-20-6-8-37-9-7-20/h1-5,11,13,19-20,23H,6-10,12,14-18,32H2. The molecule has 2 aromatic carbocycles. The Bertz CT molecular complexity index is 1330. The summed E-state index contributed by atoms with van der Waals surface area (Å²) in [6, 6.07) is 10.9. The Labute approximate surface area is 222 Å². The molecular formula is C30H34FN5O2. The van der Waals surface area contributed by atoms with Gasteiger partial charge in [-0.2, -0.15) is 0 Å². The van der Waals surface area contributed by atoms with Crippen molar-refractivity contribution in [3.8, 4) is 22.6 Å². The largest absolute Gasteiger partial charge is 0.451 e. The average molecular weight is 516 g/mol. The topological polar surface area (TPSA) is 76.7 Å². The number of nitrogens with two attached hydrogens (primary N) is 1. The van der Waals surface area contributed by atoms with Crippen LogP contribution in [0.2, 0.25) is 0 Å². The molecule has 8 heteroatoms. The lowest BCUT2D eigenvalue weighted by atomic mass is 9.72. The lowest BCUT2D eigenvalue weighted by molar-refractivity contribution is -0.0430. The molecule has 1 atom stereocenters. The number of halogens is 1. The van der Waals surface area contributed by atoms with E-state index in [0.717, 1.165) is 75.1 Å². The summed E-state index contributed by atoms with van der Waals surface area (Å²) in [4.78, 5) is 13.7. The Morgan fingerprint density at radius 2 is 1.87 bits per heavy atom. The van der Waals surface area contributed by atoms with E-state index in [-0.39, 0.29) is 11.9 Å². The van der Waals surface area contributed by atoms with Gasteiger partial charge in [0.05, 0.1) is 6.20 Å². The molecule has 4 aliphatic rings. The van der Waals surface area contributed by atoms with Crippen LogP contribution >= 0.6 is 0 Å². The first-order valence-corrected chi connectivity index (χ1v) is 13.7. The molecule has 3 fully saturated rings. The van der Waals surface area contributed by atoms with Crippen LogP contribution in [0, 0.1) is 17.2 Å². The molecule has 198 valence electrons. The third kappa shape index (κ3) is 4.44. The fraction of sp³-hybridized carbons (Fsp3) is 0.467. The van der Waals surface area contributed by atoms with Crippen LogP contribution in [0.4, 0.5) is 10.2 Å². The second-order valence-electron chi connectivity index (χ2n) is 11.6. The minimum absolute atomic E-state index is 0.0936. The molecule has 0 amide bonds. The van der Waals surface area contributed by atoms with Crippen LogP contribution in [0.1, 0.15) is 24.0 Å². The summed E-state index contributed by atoms with van der Waals surface area (Å²) in [6.07, 6.45) is 7.27. The van der Waals surface area contributed by atoms with Gasteiger partial charge in [0.25, 0.3) is 0 Å². The predicted molar refractivity (Wildman–Crippen MR) is 144 cm³/mol. The Hall–Kier alpha value is -3.07. The van der Waals surface area contributed by atoms with Crippen molar-refractivity contribution >= 4 is 5.82 Å². The Morgan fingerprint density at radius 3 is 2.71 bits per heavy atom. The highest BCUT2D eigenvalue weighted by Crippen LogP contribution is 2.46. The maximum absolute atomic E-state index is 14.5. The van der Waals surface area contributed by atoms with Gasteiger partial charge in [0.2, 0.25) is 0 Å². The summed E-state index contributed by atoms with van der Waals surface area (Å²) in [6.45, 7) is 7.22. The van der Waals surface area contributed by atoms with Gasteiger partial charge in [0, 0.05) is 63.0 Å². The van der Waals surface area contributed by atoms with Crippen LogP contribution in [-0.2, 0) is 17.6 Å². The number of hydrogen-bond donors (Lipinski definition) is 1. The highest BCUT2D eigenvalue weighted by atomic mass is 19.1. The maximum Gasteiger partial charge on any atom is 0.188 e. The molecule has 0 bridgehead atoms. The van der Waals surface area contributed by atoms with Crippen LogP contribution in [0.5, 0.6) is 11.5 Å². The highest BCUT2D eigenvalue weighted by molar-refractivity contribution is 5.76. The predicted octanol–water partition coefficient (Wildman–Crippen LogP) is 4.05. The molecular weight excluding hydrogens is 481 g/mol. The molecule has 1 aliphatic carbocycles. The molecule has 3 saturated heterocycles. The number of likely N-dealkylation sites (tertiary alicyclic amines) is 1. The summed E-state index contributed by atoms with van der Waals surface area (Å²) < 4.78 is 26.4. The first kappa shape index (κ1) is 24.0. The second-order valence-corrected chi connectivity index (χ2v) is 11.6. The van der Waals surface area contributed by atoms with E-state index in [4.69, 9.17) is 15.2 Å². The number of ether oxygens (including phenoxy) is 2. The van der Waals surface area contributed by atoms with E-state index in [9.17, 15) is 4.39 Å². The molecule has 1 spiro atoms. The molecule has 1 aromatic heterocycles. The molecule has 1 unspecified atom stereocenters. The van der Waals surface area contributed by atoms with Crippen molar-refractivity contribution in [2.75, 3.05) is 50.8 Å². The van der Waals surface area contributed by atoms with Gasteiger partial charge in [-0.05, 0) is 66.5 Å². The van der Waals surface area contributed by atoms with Crippen molar-refractivity contribution in [1.29, 1.82) is 0 Å². The molecule has 3 aliphatic heterocycles. The third-order valence-electron chi connectivity index (χ3n) is 8.66. The lowest BCUT2D eigenvalue weighted by Crippen LogP contribution is -2.72. The van der Waals surface area contributed by atoms with E-state index in [1.165, 1.54) is 36.6 Å². The molecule has 0 radical (unpaired) electrons. The van der Waals surface area contributed by atoms with Crippen LogP contribution in [-0.4, -0.2) is 66.8 Å². The minimum Gasteiger partial charge on any atom is -0.451 e. The third-order valence-corrected chi connectivity index (χ3v) is 8.66. The monoisotopic (exact) mass is 515 g/mol. The first-order valence-electron chi connectivity index (χ1n) is 13.7. The van der Waals surface area contributed by atoms with E-state index < -0.39 is 0 Å². The van der Waals surface area contributed by atoms with E-state index in [2.05, 4.69) is 25.8 Å². The maximum atomic E-state index is 14.5. The van der Waals surface area contributed by atoms with Crippen molar-refractivity contribution in [3.05, 3.63) is 65.9 Å². The summed E-state index contributed by atoms with van der Waals surface area (Å²) in [5, 5.41) is 0. The molecule has 4 heterocycles. The minimum atomic E-state index is -0.295. The van der Waals surface area contributed by atoms with Gasteiger partial charge in [-0.25, -0.2) is 14.4 Å². The summed E-state index contributed by atoms with van der Waals surface area (Å²) in [5.74, 6) is 2.46. The zero-order valence-corrected chi connectivity index (χ0v) is 21.6. The first-order chi connectivity index (χ1) is 18.6. The van der Waals surface area contributed by atoms with Gasteiger partial charge < -0.3 is 25.0 Å². The number of fused-ring (bicyclic) bond motifs is 1. The fourth-order valence-electron chi connectivity index (χ4n) is 6.91. The lowest BCUT2D eigenvalue weighted by Gasteiger charge is -2.61. The second kappa shape index (κ2) is 9.59. The van der Waals surface area contributed by atoms with Crippen molar-refractivity contribution < 1.29 is 13.9 Å². The van der Waals surface area contributed by atoms with Crippen molar-refractivity contribution in [2.24, 2.45) is 17.1 Å². The summed E-state index contributed by atoms with van der Waals surface area (Å²) in [5.41, 5.74) is 10.7. The number of nitrogens with zero attached hydrogens (tertiary/aromatic N) is 4. The van der Waals surface area contributed by atoms with Crippen LogP contribution in [0.15, 0.2) is 48.9 Å². The van der Waals surface area contributed by atoms with E-state index in [0.29, 0.717) is 16.9 Å². The van der Waals surface area contributed by atoms with E-state index in [1.807, 2.05) is 12.1 Å². The smallest absolute Gasteiger partial charge is 0.188 e. The molecule has 3 aromatic rings. The van der Waals surface area contributed by atoms with Gasteiger partial charge in [-0.3, -0.25) is 0 Å². The number of benzene rings is 2. The SMILES string of the molecule is NC1Cc2cccc(-c3cc(F)ccc3Oc3cncnc3N3CC4(CN(CC5CCOCC5)C4)C3)c2C1. The van der Waals surface area contributed by atoms with Crippen molar-refractivity contribution in [1.82, 2.24) is 14.9 Å². The Morgan fingerprint density at radius 1 is 1.03 bits per heavy atom. The van der Waals surface area contributed by atoms with E-state index >= 15 is 0 Å². The molecule has 38 heavy (non-hydrogen) atoms. The molecule has 2 N–H and O–H groups in total. The Kier molecular flexibility index (Phi) is 6.06. The van der Waals surface area contributed by atoms with Gasteiger partial charge in [0.1, 0.15) is 17.9 Å². The highest BCUT2D eigenvalue weighted by Gasteiger charge is 2.52. The Balaban J connectivity index is 1.08. The quantitative estimate of drug-likeness (QED) is 0.531. The zero-order valence-electron chi connectivity index (χ0n) is 21.6. The molecule has 7 nitrogen and oxygen atoms in total. The van der Waals surface area contributed by atoms with Crippen LogP contribution in [0.3, 0.4) is 0 Å². The average Bonchev–Trinajstić information content (AvgIpc) is 3.27. The normalized spacial score (nSPS) is 22.7. The van der Waals surface area contributed by atoms with Crippen molar-refractivity contribution in [3.63, 3.8) is 0 Å².